The van der Waals surface area contributed by atoms with E-state index in [1.54, 1.807) is 0 Å². The van der Waals surface area contributed by atoms with E-state index in [-0.39, 0.29) is 31.2 Å². The highest BCUT2D eigenvalue weighted by molar-refractivity contribution is 6.06. The second-order valence-electron chi connectivity index (χ2n) is 9.64. The first kappa shape index (κ1) is 22.6. The standard InChI is InChI=1S/C27H26FN5O3/c28-19-12-21-22(16-33(27(21)36)23-5-6-25(34)30-26(23)35)24(13-19)32-9-7-31(8-10-32)15-20-11-17-3-1-2-4-18(17)14-29-20/h1-4,11-14,23H,5-10,15-16H2,(H,30,34,35). The maximum absolute atomic E-state index is 14.6. The van der Waals surface area contributed by atoms with Crippen LogP contribution in [0.2, 0.25) is 0 Å². The number of piperidine rings is 1. The highest BCUT2D eigenvalue weighted by atomic mass is 19.1. The Bertz CT molecular complexity index is 1390. The van der Waals surface area contributed by atoms with Crippen LogP contribution in [0.4, 0.5) is 10.1 Å². The molecule has 0 spiro atoms. The SMILES string of the molecule is O=C1CCC(N2Cc3c(cc(F)cc3N3CCN(Cc4cc5ccccc5cn4)CC3)C2=O)C(=O)N1. The molecule has 1 aromatic heterocycles. The van der Waals surface area contributed by atoms with Crippen LogP contribution in [0.5, 0.6) is 0 Å². The fraction of sp³-hybridized carbons (Fsp3) is 0.333. The van der Waals surface area contributed by atoms with E-state index >= 15 is 0 Å². The maximum atomic E-state index is 14.6. The first-order valence-corrected chi connectivity index (χ1v) is 12.2. The van der Waals surface area contributed by atoms with Gasteiger partial charge in [0.15, 0.2) is 0 Å². The number of benzene rings is 2. The van der Waals surface area contributed by atoms with Crippen LogP contribution in [-0.4, -0.2) is 64.7 Å². The van der Waals surface area contributed by atoms with E-state index in [0.29, 0.717) is 24.3 Å². The first-order chi connectivity index (χ1) is 17.5. The van der Waals surface area contributed by atoms with Gasteiger partial charge in [0.25, 0.3) is 5.91 Å². The van der Waals surface area contributed by atoms with Crippen molar-refractivity contribution in [2.75, 3.05) is 31.1 Å². The fourth-order valence-electron chi connectivity index (χ4n) is 5.48. The van der Waals surface area contributed by atoms with Gasteiger partial charge in [-0.15, -0.1) is 0 Å². The lowest BCUT2D eigenvalue weighted by Crippen LogP contribution is -2.52. The molecule has 3 aliphatic heterocycles. The molecule has 0 bridgehead atoms. The van der Waals surface area contributed by atoms with Gasteiger partial charge in [-0.1, -0.05) is 24.3 Å². The summed E-state index contributed by atoms with van der Waals surface area (Å²) in [4.78, 5) is 47.6. The Labute approximate surface area is 207 Å². The molecule has 1 unspecified atom stereocenters. The van der Waals surface area contributed by atoms with Crippen LogP contribution in [0, 0.1) is 5.82 Å². The number of halogens is 1. The van der Waals surface area contributed by atoms with E-state index in [2.05, 4.69) is 32.2 Å². The lowest BCUT2D eigenvalue weighted by molar-refractivity contribution is -0.136. The number of carbonyl (C=O) groups is 3. The van der Waals surface area contributed by atoms with Crippen LogP contribution in [0.25, 0.3) is 10.8 Å². The van der Waals surface area contributed by atoms with Crippen LogP contribution in [0.1, 0.15) is 34.5 Å². The van der Waals surface area contributed by atoms with Crippen molar-refractivity contribution in [3.05, 3.63) is 71.3 Å². The number of hydrogen-bond acceptors (Lipinski definition) is 6. The number of anilines is 1. The molecular weight excluding hydrogens is 461 g/mol. The van der Waals surface area contributed by atoms with Gasteiger partial charge in [-0.25, -0.2) is 4.39 Å². The van der Waals surface area contributed by atoms with Crippen molar-refractivity contribution in [3.8, 4) is 0 Å². The zero-order chi connectivity index (χ0) is 24.8. The Hall–Kier alpha value is -3.85. The highest BCUT2D eigenvalue weighted by Crippen LogP contribution is 2.35. The van der Waals surface area contributed by atoms with E-state index in [9.17, 15) is 18.8 Å². The van der Waals surface area contributed by atoms with Crippen molar-refractivity contribution in [2.45, 2.75) is 32.0 Å². The van der Waals surface area contributed by atoms with Gasteiger partial charge in [-0.3, -0.25) is 29.6 Å². The molecule has 3 aromatic rings. The monoisotopic (exact) mass is 487 g/mol. The molecule has 1 N–H and O–H groups in total. The number of aromatic nitrogens is 1. The summed E-state index contributed by atoms with van der Waals surface area (Å²) in [5, 5.41) is 4.60. The van der Waals surface area contributed by atoms with E-state index in [1.807, 2.05) is 24.4 Å². The number of nitrogens with zero attached hydrogens (tertiary/aromatic N) is 4. The molecule has 184 valence electrons. The van der Waals surface area contributed by atoms with Gasteiger partial charge in [0.2, 0.25) is 11.8 Å². The lowest BCUT2D eigenvalue weighted by Gasteiger charge is -2.37. The molecule has 4 heterocycles. The zero-order valence-electron chi connectivity index (χ0n) is 19.7. The average Bonchev–Trinajstić information content (AvgIpc) is 3.20. The molecule has 9 heteroatoms. The topological polar surface area (TPSA) is 85.9 Å². The molecule has 0 radical (unpaired) electrons. The summed E-state index contributed by atoms with van der Waals surface area (Å²) in [6.45, 7) is 3.92. The second kappa shape index (κ2) is 8.98. The summed E-state index contributed by atoms with van der Waals surface area (Å²) in [6.07, 6.45) is 2.37. The van der Waals surface area contributed by atoms with Gasteiger partial charge in [-0.2, -0.15) is 0 Å². The molecule has 3 aliphatic rings. The summed E-state index contributed by atoms with van der Waals surface area (Å²) in [6, 6.07) is 12.3. The molecular formula is C27H26FN5O3. The van der Waals surface area contributed by atoms with Crippen LogP contribution < -0.4 is 10.2 Å². The number of fused-ring (bicyclic) bond motifs is 2. The van der Waals surface area contributed by atoms with E-state index < -0.39 is 17.8 Å². The number of nitrogens with one attached hydrogen (secondary N) is 1. The van der Waals surface area contributed by atoms with Crippen LogP contribution in [0.15, 0.2) is 48.7 Å². The first-order valence-electron chi connectivity index (χ1n) is 12.2. The quantitative estimate of drug-likeness (QED) is 0.569. The summed E-state index contributed by atoms with van der Waals surface area (Å²) in [5.74, 6) is -1.62. The number of hydrogen-bond donors (Lipinski definition) is 1. The van der Waals surface area contributed by atoms with Crippen molar-refractivity contribution >= 4 is 34.2 Å². The van der Waals surface area contributed by atoms with Gasteiger partial charge in [0, 0.05) is 74.1 Å². The highest BCUT2D eigenvalue weighted by Gasteiger charge is 2.41. The normalized spacial score (nSPS) is 20.7. The Morgan fingerprint density at radius 3 is 2.56 bits per heavy atom. The molecule has 3 amide bonds. The van der Waals surface area contributed by atoms with Gasteiger partial charge >= 0.3 is 0 Å². The fourth-order valence-corrected chi connectivity index (χ4v) is 5.48. The number of imide groups is 1. The third-order valence-electron chi connectivity index (χ3n) is 7.38. The Morgan fingerprint density at radius 1 is 1.00 bits per heavy atom. The average molecular weight is 488 g/mol. The molecule has 2 aromatic carbocycles. The van der Waals surface area contributed by atoms with Crippen molar-refractivity contribution < 1.29 is 18.8 Å². The van der Waals surface area contributed by atoms with Crippen molar-refractivity contribution in [3.63, 3.8) is 0 Å². The third-order valence-corrected chi connectivity index (χ3v) is 7.38. The molecule has 0 saturated carbocycles. The maximum Gasteiger partial charge on any atom is 0.255 e. The Kier molecular flexibility index (Phi) is 5.64. The summed E-state index contributed by atoms with van der Waals surface area (Å²) in [7, 11) is 0. The summed E-state index contributed by atoms with van der Waals surface area (Å²) < 4.78 is 14.6. The van der Waals surface area contributed by atoms with E-state index in [4.69, 9.17) is 0 Å². The van der Waals surface area contributed by atoms with Crippen LogP contribution >= 0.6 is 0 Å². The minimum Gasteiger partial charge on any atom is -0.369 e. The molecule has 36 heavy (non-hydrogen) atoms. The molecule has 2 saturated heterocycles. The number of carbonyl (C=O) groups excluding carboxylic acids is 3. The molecule has 0 aliphatic carbocycles. The minimum absolute atomic E-state index is 0.186. The molecule has 2 fully saturated rings. The largest absolute Gasteiger partial charge is 0.369 e. The van der Waals surface area contributed by atoms with Crippen molar-refractivity contribution in [1.29, 1.82) is 0 Å². The number of piperazine rings is 1. The molecule has 6 rings (SSSR count). The zero-order valence-corrected chi connectivity index (χ0v) is 19.7. The third kappa shape index (κ3) is 4.09. The Morgan fingerprint density at radius 2 is 1.78 bits per heavy atom. The van der Waals surface area contributed by atoms with E-state index in [0.717, 1.165) is 36.3 Å². The summed E-state index contributed by atoms with van der Waals surface area (Å²) >= 11 is 0. The summed E-state index contributed by atoms with van der Waals surface area (Å²) in [5.41, 5.74) is 2.77. The van der Waals surface area contributed by atoms with Crippen molar-refractivity contribution in [1.82, 2.24) is 20.1 Å². The predicted octanol–water partition coefficient (Wildman–Crippen LogP) is 2.46. The van der Waals surface area contributed by atoms with Crippen LogP contribution in [-0.2, 0) is 22.7 Å². The molecule has 1 atom stereocenters. The second-order valence-corrected chi connectivity index (χ2v) is 9.64. The Balaban J connectivity index is 1.17. The smallest absolute Gasteiger partial charge is 0.255 e. The van der Waals surface area contributed by atoms with Gasteiger partial charge in [-0.05, 0) is 30.0 Å². The van der Waals surface area contributed by atoms with Gasteiger partial charge in [0.05, 0.1) is 5.69 Å². The van der Waals surface area contributed by atoms with Gasteiger partial charge < -0.3 is 9.80 Å². The molecule has 8 nitrogen and oxygen atoms in total. The van der Waals surface area contributed by atoms with Crippen molar-refractivity contribution in [2.24, 2.45) is 0 Å². The number of rotatable bonds is 4. The van der Waals surface area contributed by atoms with E-state index in [1.165, 1.54) is 22.4 Å². The minimum atomic E-state index is -0.718. The predicted molar refractivity (Wildman–Crippen MR) is 132 cm³/mol. The number of pyridine rings is 1. The van der Waals surface area contributed by atoms with Gasteiger partial charge in [0.1, 0.15) is 11.9 Å². The number of amides is 3. The van der Waals surface area contributed by atoms with Crippen LogP contribution in [0.3, 0.4) is 0 Å². The lowest BCUT2D eigenvalue weighted by atomic mass is 10.0.